The van der Waals surface area contributed by atoms with Crippen molar-refractivity contribution >= 4 is 12.1 Å². The SMILES string of the molecule is CN=CC=C(N)C(=O)N1CCC(C)(CNC2CC2)CC1. The van der Waals surface area contributed by atoms with Crippen LogP contribution < -0.4 is 11.1 Å². The van der Waals surface area contributed by atoms with Crippen LogP contribution in [0.2, 0.25) is 0 Å². The Labute approximate surface area is 121 Å². The van der Waals surface area contributed by atoms with Crippen LogP contribution in [0.3, 0.4) is 0 Å². The Balaban J connectivity index is 1.81. The molecule has 1 amide bonds. The molecule has 1 saturated heterocycles. The summed E-state index contributed by atoms with van der Waals surface area (Å²) in [5.74, 6) is -0.0675. The van der Waals surface area contributed by atoms with Gasteiger partial charge in [-0.05, 0) is 37.2 Å². The van der Waals surface area contributed by atoms with Gasteiger partial charge in [0.25, 0.3) is 5.91 Å². The van der Waals surface area contributed by atoms with Gasteiger partial charge in [0.2, 0.25) is 0 Å². The van der Waals surface area contributed by atoms with E-state index in [9.17, 15) is 4.79 Å². The zero-order chi connectivity index (χ0) is 14.6. The molecule has 0 radical (unpaired) electrons. The zero-order valence-corrected chi connectivity index (χ0v) is 12.6. The van der Waals surface area contributed by atoms with Gasteiger partial charge >= 0.3 is 0 Å². The lowest BCUT2D eigenvalue weighted by molar-refractivity contribution is -0.129. The first-order chi connectivity index (χ1) is 9.54. The minimum atomic E-state index is -0.0675. The molecule has 3 N–H and O–H groups in total. The topological polar surface area (TPSA) is 70.7 Å². The van der Waals surface area contributed by atoms with Crippen LogP contribution >= 0.6 is 0 Å². The highest BCUT2D eigenvalue weighted by Gasteiger charge is 2.33. The molecule has 5 heteroatoms. The average Bonchev–Trinajstić information content (AvgIpc) is 3.27. The third-order valence-electron chi connectivity index (χ3n) is 4.30. The number of hydrogen-bond acceptors (Lipinski definition) is 4. The molecule has 0 spiro atoms. The van der Waals surface area contributed by atoms with Gasteiger partial charge in [0, 0.05) is 38.9 Å². The van der Waals surface area contributed by atoms with Crippen molar-refractivity contribution in [2.45, 2.75) is 38.6 Å². The van der Waals surface area contributed by atoms with E-state index in [0.717, 1.165) is 38.5 Å². The molecule has 0 bridgehead atoms. The Morgan fingerprint density at radius 3 is 2.65 bits per heavy atom. The number of carbonyl (C=O) groups excluding carboxylic acids is 1. The molecular formula is C15H26N4O. The van der Waals surface area contributed by atoms with Crippen molar-refractivity contribution in [3.63, 3.8) is 0 Å². The van der Waals surface area contributed by atoms with E-state index in [1.807, 2.05) is 4.90 Å². The standard InChI is InChI=1S/C15H26N4O/c1-15(11-18-12-3-4-12)6-9-19(10-7-15)14(20)13(16)5-8-17-2/h5,8,12,18H,3-4,6-7,9-11,16H2,1-2H3. The molecule has 112 valence electrons. The molecule has 2 fully saturated rings. The van der Waals surface area contributed by atoms with Crippen LogP contribution in [-0.4, -0.2) is 49.7 Å². The van der Waals surface area contributed by atoms with E-state index in [2.05, 4.69) is 17.2 Å². The molecule has 0 aromatic carbocycles. The fourth-order valence-corrected chi connectivity index (χ4v) is 2.51. The largest absolute Gasteiger partial charge is 0.394 e. The Kier molecular flexibility index (Phi) is 4.81. The number of hydrogen-bond donors (Lipinski definition) is 2. The lowest BCUT2D eigenvalue weighted by Crippen LogP contribution is -2.47. The summed E-state index contributed by atoms with van der Waals surface area (Å²) < 4.78 is 0. The predicted molar refractivity (Wildman–Crippen MR) is 81.6 cm³/mol. The molecule has 0 aromatic rings. The highest BCUT2D eigenvalue weighted by molar-refractivity contribution is 5.96. The summed E-state index contributed by atoms with van der Waals surface area (Å²) in [5, 5.41) is 3.60. The number of nitrogens with zero attached hydrogens (tertiary/aromatic N) is 2. The van der Waals surface area contributed by atoms with Crippen LogP contribution in [0.25, 0.3) is 0 Å². The number of piperidine rings is 1. The van der Waals surface area contributed by atoms with Crippen LogP contribution in [0.5, 0.6) is 0 Å². The second kappa shape index (κ2) is 6.39. The molecule has 1 heterocycles. The highest BCUT2D eigenvalue weighted by atomic mass is 16.2. The summed E-state index contributed by atoms with van der Waals surface area (Å²) in [4.78, 5) is 17.8. The van der Waals surface area contributed by atoms with Crippen LogP contribution in [0.15, 0.2) is 16.8 Å². The molecule has 1 aliphatic carbocycles. The van der Waals surface area contributed by atoms with Gasteiger partial charge in [-0.2, -0.15) is 0 Å². The van der Waals surface area contributed by atoms with Gasteiger partial charge in [-0.15, -0.1) is 0 Å². The predicted octanol–water partition coefficient (Wildman–Crippen LogP) is 0.910. The first-order valence-corrected chi connectivity index (χ1v) is 7.45. The summed E-state index contributed by atoms with van der Waals surface area (Å²) >= 11 is 0. The van der Waals surface area contributed by atoms with Crippen molar-refractivity contribution in [3.8, 4) is 0 Å². The Hall–Kier alpha value is -1.36. The van der Waals surface area contributed by atoms with Gasteiger partial charge in [-0.3, -0.25) is 9.79 Å². The molecule has 0 unspecified atom stereocenters. The molecule has 0 aromatic heterocycles. The maximum Gasteiger partial charge on any atom is 0.269 e. The number of amides is 1. The lowest BCUT2D eigenvalue weighted by Gasteiger charge is -2.39. The smallest absolute Gasteiger partial charge is 0.269 e. The van der Waals surface area contributed by atoms with E-state index < -0.39 is 0 Å². The van der Waals surface area contributed by atoms with Gasteiger partial charge in [0.05, 0.1) is 5.70 Å². The van der Waals surface area contributed by atoms with Crippen LogP contribution in [-0.2, 0) is 4.79 Å². The molecular weight excluding hydrogens is 252 g/mol. The Morgan fingerprint density at radius 2 is 2.10 bits per heavy atom. The lowest BCUT2D eigenvalue weighted by atomic mass is 9.80. The van der Waals surface area contributed by atoms with Crippen molar-refractivity contribution < 1.29 is 4.79 Å². The minimum absolute atomic E-state index is 0.0675. The van der Waals surface area contributed by atoms with Crippen LogP contribution in [0, 0.1) is 5.41 Å². The van der Waals surface area contributed by atoms with Gasteiger partial charge in [-0.25, -0.2) is 0 Å². The molecule has 2 aliphatic rings. The summed E-state index contributed by atoms with van der Waals surface area (Å²) in [7, 11) is 1.66. The first-order valence-electron chi connectivity index (χ1n) is 7.45. The monoisotopic (exact) mass is 278 g/mol. The van der Waals surface area contributed by atoms with Crippen molar-refractivity contribution in [1.82, 2.24) is 10.2 Å². The quantitative estimate of drug-likeness (QED) is 0.580. The maximum absolute atomic E-state index is 12.1. The average molecular weight is 278 g/mol. The summed E-state index contributed by atoms with van der Waals surface area (Å²) in [6, 6.07) is 0.749. The number of nitrogens with two attached hydrogens (primary N) is 1. The highest BCUT2D eigenvalue weighted by Crippen LogP contribution is 2.31. The van der Waals surface area contributed by atoms with E-state index in [1.165, 1.54) is 12.8 Å². The van der Waals surface area contributed by atoms with Crippen molar-refractivity contribution in [2.75, 3.05) is 26.7 Å². The number of allylic oxidation sites excluding steroid dienone is 1. The molecule has 5 nitrogen and oxygen atoms in total. The Morgan fingerprint density at radius 1 is 1.45 bits per heavy atom. The van der Waals surface area contributed by atoms with Gasteiger partial charge in [0.15, 0.2) is 0 Å². The number of aliphatic imine (C=N–C) groups is 1. The fourth-order valence-electron chi connectivity index (χ4n) is 2.51. The summed E-state index contributed by atoms with van der Waals surface area (Å²) in [6.07, 6.45) is 7.84. The minimum Gasteiger partial charge on any atom is -0.394 e. The normalized spacial score (nSPS) is 23.3. The number of nitrogens with one attached hydrogen (secondary N) is 1. The van der Waals surface area contributed by atoms with E-state index in [-0.39, 0.29) is 11.6 Å². The maximum atomic E-state index is 12.1. The number of rotatable bonds is 5. The van der Waals surface area contributed by atoms with E-state index in [1.54, 1.807) is 19.3 Å². The van der Waals surface area contributed by atoms with Gasteiger partial charge < -0.3 is 16.0 Å². The second-order valence-corrected chi connectivity index (χ2v) is 6.29. The van der Waals surface area contributed by atoms with Crippen LogP contribution in [0.1, 0.15) is 32.6 Å². The third-order valence-corrected chi connectivity index (χ3v) is 4.30. The van der Waals surface area contributed by atoms with Gasteiger partial charge in [0.1, 0.15) is 0 Å². The molecule has 20 heavy (non-hydrogen) atoms. The number of carbonyl (C=O) groups is 1. The van der Waals surface area contributed by atoms with Crippen molar-refractivity contribution in [1.29, 1.82) is 0 Å². The van der Waals surface area contributed by atoms with Crippen molar-refractivity contribution in [3.05, 3.63) is 11.8 Å². The van der Waals surface area contributed by atoms with E-state index in [0.29, 0.717) is 5.41 Å². The van der Waals surface area contributed by atoms with Gasteiger partial charge in [-0.1, -0.05) is 6.92 Å². The fraction of sp³-hybridized carbons (Fsp3) is 0.733. The van der Waals surface area contributed by atoms with Crippen LogP contribution in [0.4, 0.5) is 0 Å². The molecule has 0 atom stereocenters. The van der Waals surface area contributed by atoms with E-state index in [4.69, 9.17) is 5.73 Å². The Bertz CT molecular complexity index is 404. The molecule has 1 aliphatic heterocycles. The van der Waals surface area contributed by atoms with E-state index >= 15 is 0 Å². The molecule has 1 saturated carbocycles. The molecule has 2 rings (SSSR count). The third kappa shape index (κ3) is 4.07. The first kappa shape index (κ1) is 15.0. The zero-order valence-electron chi connectivity index (χ0n) is 12.6. The summed E-state index contributed by atoms with van der Waals surface area (Å²) in [6.45, 7) is 4.96. The summed E-state index contributed by atoms with van der Waals surface area (Å²) in [5.41, 5.74) is 6.36. The second-order valence-electron chi connectivity index (χ2n) is 6.29. The number of likely N-dealkylation sites (tertiary alicyclic amines) is 1. The van der Waals surface area contributed by atoms with Crippen molar-refractivity contribution in [2.24, 2.45) is 16.1 Å².